The Morgan fingerprint density at radius 3 is 2.16 bits per heavy atom. The predicted octanol–water partition coefficient (Wildman–Crippen LogP) is 1.59. The lowest BCUT2D eigenvalue weighted by atomic mass is 9.99. The Balaban J connectivity index is 2.03. The van der Waals surface area contributed by atoms with Crippen molar-refractivity contribution in [3.05, 3.63) is 29.8 Å². The standard InChI is InChI=1S/C18H29N3O3S/c1-5-15(2)16-6-8-17(9-7-16)25(23,24)21-12-10-20(11-13-21)18(22)14-19(3)4/h6-9,15H,5,10-14H2,1-4H3. The van der Waals surface area contributed by atoms with E-state index in [2.05, 4.69) is 13.8 Å². The van der Waals surface area contributed by atoms with Crippen molar-refractivity contribution >= 4 is 15.9 Å². The molecule has 1 aromatic carbocycles. The molecule has 1 unspecified atom stereocenters. The summed E-state index contributed by atoms with van der Waals surface area (Å²) < 4.78 is 27.1. The Labute approximate surface area is 151 Å². The van der Waals surface area contributed by atoms with Crippen LogP contribution in [0.15, 0.2) is 29.2 Å². The van der Waals surface area contributed by atoms with Gasteiger partial charge in [0.15, 0.2) is 0 Å². The molecular formula is C18H29N3O3S. The number of hydrogen-bond donors (Lipinski definition) is 0. The summed E-state index contributed by atoms with van der Waals surface area (Å²) in [4.78, 5) is 16.0. The lowest BCUT2D eigenvalue weighted by Crippen LogP contribution is -2.52. The fourth-order valence-electron chi connectivity index (χ4n) is 2.90. The monoisotopic (exact) mass is 367 g/mol. The lowest BCUT2D eigenvalue weighted by molar-refractivity contribution is -0.133. The van der Waals surface area contributed by atoms with E-state index in [0.29, 0.717) is 43.5 Å². The summed E-state index contributed by atoms with van der Waals surface area (Å²) in [5.41, 5.74) is 1.15. The predicted molar refractivity (Wildman–Crippen MR) is 99.0 cm³/mol. The average molecular weight is 368 g/mol. The van der Waals surface area contributed by atoms with E-state index >= 15 is 0 Å². The molecule has 0 spiro atoms. The van der Waals surface area contributed by atoms with Crippen molar-refractivity contribution in [2.75, 3.05) is 46.8 Å². The summed E-state index contributed by atoms with van der Waals surface area (Å²) in [6.45, 7) is 6.17. The van der Waals surface area contributed by atoms with Gasteiger partial charge in [-0.3, -0.25) is 4.79 Å². The zero-order valence-electron chi connectivity index (χ0n) is 15.6. The minimum atomic E-state index is -3.50. The van der Waals surface area contributed by atoms with Gasteiger partial charge in [-0.05, 0) is 44.1 Å². The molecular weight excluding hydrogens is 338 g/mol. The number of carbonyl (C=O) groups is 1. The number of likely N-dealkylation sites (N-methyl/N-ethyl adjacent to an activating group) is 1. The summed E-state index contributed by atoms with van der Waals surface area (Å²) in [5, 5.41) is 0. The molecule has 1 aliphatic rings. The first-order chi connectivity index (χ1) is 11.8. The van der Waals surface area contributed by atoms with Crippen molar-refractivity contribution in [1.82, 2.24) is 14.1 Å². The molecule has 1 aromatic rings. The molecule has 7 heteroatoms. The highest BCUT2D eigenvalue weighted by atomic mass is 32.2. The number of amides is 1. The van der Waals surface area contributed by atoms with E-state index in [4.69, 9.17) is 0 Å². The van der Waals surface area contributed by atoms with E-state index in [1.54, 1.807) is 17.0 Å². The molecule has 0 aliphatic carbocycles. The molecule has 1 heterocycles. The van der Waals surface area contributed by atoms with Gasteiger partial charge < -0.3 is 9.80 Å². The summed E-state index contributed by atoms with van der Waals surface area (Å²) in [7, 11) is 0.199. The first kappa shape index (κ1) is 19.9. The molecule has 140 valence electrons. The minimum absolute atomic E-state index is 0.0416. The Morgan fingerprint density at radius 1 is 1.12 bits per heavy atom. The first-order valence-corrected chi connectivity index (χ1v) is 10.2. The molecule has 0 aromatic heterocycles. The number of nitrogens with zero attached hydrogens (tertiary/aromatic N) is 3. The number of carbonyl (C=O) groups excluding carboxylic acids is 1. The summed E-state index contributed by atoms with van der Waals surface area (Å²) in [6.07, 6.45) is 1.02. The van der Waals surface area contributed by atoms with Crippen LogP contribution in [0.5, 0.6) is 0 Å². The first-order valence-electron chi connectivity index (χ1n) is 8.78. The van der Waals surface area contributed by atoms with Crippen LogP contribution in [0.1, 0.15) is 31.7 Å². The van der Waals surface area contributed by atoms with Crippen LogP contribution in [-0.4, -0.2) is 75.2 Å². The van der Waals surface area contributed by atoms with Gasteiger partial charge in [0.1, 0.15) is 0 Å². The molecule has 0 bridgehead atoms. The van der Waals surface area contributed by atoms with Gasteiger partial charge in [0.2, 0.25) is 15.9 Å². The second kappa shape index (κ2) is 8.29. The van der Waals surface area contributed by atoms with Crippen molar-refractivity contribution in [2.45, 2.75) is 31.1 Å². The highest BCUT2D eigenvalue weighted by molar-refractivity contribution is 7.89. The topological polar surface area (TPSA) is 60.9 Å². The third kappa shape index (κ3) is 4.80. The van der Waals surface area contributed by atoms with E-state index < -0.39 is 10.0 Å². The molecule has 1 aliphatic heterocycles. The number of hydrogen-bond acceptors (Lipinski definition) is 4. The van der Waals surface area contributed by atoms with Crippen molar-refractivity contribution in [3.8, 4) is 0 Å². The van der Waals surface area contributed by atoms with Gasteiger partial charge in [0.25, 0.3) is 0 Å². The number of sulfonamides is 1. The van der Waals surface area contributed by atoms with Crippen LogP contribution in [0.2, 0.25) is 0 Å². The normalized spacial score (nSPS) is 17.7. The van der Waals surface area contributed by atoms with Crippen LogP contribution in [0, 0.1) is 0 Å². The fourth-order valence-corrected chi connectivity index (χ4v) is 4.32. The van der Waals surface area contributed by atoms with Gasteiger partial charge >= 0.3 is 0 Å². The van der Waals surface area contributed by atoms with Gasteiger partial charge in [-0.15, -0.1) is 0 Å². The molecule has 25 heavy (non-hydrogen) atoms. The number of benzene rings is 1. The third-order valence-electron chi connectivity index (χ3n) is 4.74. The van der Waals surface area contributed by atoms with E-state index in [1.807, 2.05) is 31.1 Å². The van der Waals surface area contributed by atoms with Crippen molar-refractivity contribution in [1.29, 1.82) is 0 Å². The zero-order valence-corrected chi connectivity index (χ0v) is 16.4. The zero-order chi connectivity index (χ0) is 18.6. The minimum Gasteiger partial charge on any atom is -0.339 e. The number of rotatable bonds is 6. The maximum absolute atomic E-state index is 12.8. The highest BCUT2D eigenvalue weighted by Crippen LogP contribution is 2.23. The Kier molecular flexibility index (Phi) is 6.59. The second-order valence-electron chi connectivity index (χ2n) is 6.90. The van der Waals surface area contributed by atoms with Crippen LogP contribution < -0.4 is 0 Å². The summed E-state index contributed by atoms with van der Waals surface area (Å²) in [5.74, 6) is 0.461. The molecule has 2 rings (SSSR count). The van der Waals surface area contributed by atoms with Crippen LogP contribution in [0.25, 0.3) is 0 Å². The average Bonchev–Trinajstić information content (AvgIpc) is 2.60. The number of piperazine rings is 1. The van der Waals surface area contributed by atoms with E-state index in [9.17, 15) is 13.2 Å². The van der Waals surface area contributed by atoms with E-state index in [0.717, 1.165) is 12.0 Å². The Bertz CT molecular complexity index is 678. The largest absolute Gasteiger partial charge is 0.339 e. The molecule has 1 fully saturated rings. The molecule has 0 radical (unpaired) electrons. The molecule has 6 nitrogen and oxygen atoms in total. The highest BCUT2D eigenvalue weighted by Gasteiger charge is 2.30. The molecule has 1 amide bonds. The van der Waals surface area contributed by atoms with E-state index in [1.165, 1.54) is 4.31 Å². The Hall–Kier alpha value is -1.44. The van der Waals surface area contributed by atoms with Gasteiger partial charge in [0, 0.05) is 26.2 Å². The SMILES string of the molecule is CCC(C)c1ccc(S(=O)(=O)N2CCN(C(=O)CN(C)C)CC2)cc1. The molecule has 1 saturated heterocycles. The van der Waals surface area contributed by atoms with Gasteiger partial charge in [-0.1, -0.05) is 26.0 Å². The molecule has 0 saturated carbocycles. The maximum atomic E-state index is 12.8. The molecule has 1 atom stereocenters. The quantitative estimate of drug-likeness (QED) is 0.766. The van der Waals surface area contributed by atoms with Crippen molar-refractivity contribution < 1.29 is 13.2 Å². The van der Waals surface area contributed by atoms with Crippen LogP contribution in [-0.2, 0) is 14.8 Å². The molecule has 0 N–H and O–H groups in total. The fraction of sp³-hybridized carbons (Fsp3) is 0.611. The van der Waals surface area contributed by atoms with E-state index in [-0.39, 0.29) is 5.91 Å². The third-order valence-corrected chi connectivity index (χ3v) is 6.65. The van der Waals surface area contributed by atoms with Crippen molar-refractivity contribution in [2.24, 2.45) is 0 Å². The van der Waals surface area contributed by atoms with Crippen LogP contribution in [0.3, 0.4) is 0 Å². The van der Waals surface area contributed by atoms with Crippen LogP contribution >= 0.6 is 0 Å². The smallest absolute Gasteiger partial charge is 0.243 e. The second-order valence-corrected chi connectivity index (χ2v) is 8.84. The summed E-state index contributed by atoms with van der Waals surface area (Å²) >= 11 is 0. The summed E-state index contributed by atoms with van der Waals surface area (Å²) in [6, 6.07) is 7.19. The van der Waals surface area contributed by atoms with Crippen molar-refractivity contribution in [3.63, 3.8) is 0 Å². The maximum Gasteiger partial charge on any atom is 0.243 e. The van der Waals surface area contributed by atoms with Gasteiger partial charge in [0.05, 0.1) is 11.4 Å². The van der Waals surface area contributed by atoms with Gasteiger partial charge in [-0.2, -0.15) is 4.31 Å². The Morgan fingerprint density at radius 2 is 1.68 bits per heavy atom. The van der Waals surface area contributed by atoms with Gasteiger partial charge in [-0.25, -0.2) is 8.42 Å². The van der Waals surface area contributed by atoms with Crippen LogP contribution in [0.4, 0.5) is 0 Å². The lowest BCUT2D eigenvalue weighted by Gasteiger charge is -2.34.